The van der Waals surface area contributed by atoms with Crippen molar-refractivity contribution in [3.8, 4) is 0 Å². The van der Waals surface area contributed by atoms with Gasteiger partial charge in [0.2, 0.25) is 0 Å². The van der Waals surface area contributed by atoms with Crippen LogP contribution >= 0.6 is 0 Å². The summed E-state index contributed by atoms with van der Waals surface area (Å²) in [5.41, 5.74) is 2.18. The van der Waals surface area contributed by atoms with E-state index in [1.54, 1.807) is 6.07 Å². The molecule has 1 aliphatic heterocycles. The largest absolute Gasteiger partial charge is 0.376 e. The number of ether oxygens (including phenoxy) is 1. The van der Waals surface area contributed by atoms with Crippen LogP contribution in [-0.2, 0) is 24.3 Å². The molecule has 0 radical (unpaired) electrons. The van der Waals surface area contributed by atoms with Crippen LogP contribution in [-0.4, -0.2) is 23.1 Å². The molecule has 0 spiro atoms. The molecule has 1 saturated carbocycles. The van der Waals surface area contributed by atoms with Gasteiger partial charge in [0.1, 0.15) is 5.56 Å². The molecule has 5 nitrogen and oxygen atoms in total. The Kier molecular flexibility index (Phi) is 5.72. The molecule has 24 heavy (non-hydrogen) atoms. The lowest BCUT2D eigenvalue weighted by Crippen LogP contribution is -2.41. The third kappa shape index (κ3) is 3.72. The van der Waals surface area contributed by atoms with Gasteiger partial charge in [-0.3, -0.25) is 9.59 Å². The highest BCUT2D eigenvalue weighted by molar-refractivity contribution is 5.94. The summed E-state index contributed by atoms with van der Waals surface area (Å²) in [6.07, 6.45) is 8.31. The minimum Gasteiger partial charge on any atom is -0.376 e. The average Bonchev–Trinajstić information content (AvgIpc) is 2.61. The molecule has 5 heteroatoms. The van der Waals surface area contributed by atoms with Crippen molar-refractivity contribution in [2.24, 2.45) is 0 Å². The molecule has 0 saturated heterocycles. The van der Waals surface area contributed by atoms with Crippen molar-refractivity contribution < 1.29 is 9.53 Å². The highest BCUT2D eigenvalue weighted by Gasteiger charge is 2.23. The normalized spacial score (nSPS) is 18.2. The predicted molar refractivity (Wildman–Crippen MR) is 93.3 cm³/mol. The predicted octanol–water partition coefficient (Wildman–Crippen LogP) is 2.78. The number of nitrogens with one attached hydrogen (secondary N) is 1. The van der Waals surface area contributed by atoms with Crippen LogP contribution in [0.1, 0.15) is 73.5 Å². The first-order chi connectivity index (χ1) is 11.7. The molecule has 0 unspecified atom stereocenters. The van der Waals surface area contributed by atoms with Crippen molar-refractivity contribution in [2.75, 3.05) is 6.61 Å². The Balaban J connectivity index is 1.88. The molecule has 1 aromatic rings. The highest BCUT2D eigenvalue weighted by atomic mass is 16.5. The Morgan fingerprint density at radius 2 is 2.12 bits per heavy atom. The summed E-state index contributed by atoms with van der Waals surface area (Å²) < 4.78 is 7.35. The van der Waals surface area contributed by atoms with Crippen molar-refractivity contribution >= 4 is 5.91 Å². The van der Waals surface area contributed by atoms with Crippen molar-refractivity contribution in [3.63, 3.8) is 0 Å². The zero-order chi connectivity index (χ0) is 16.9. The fourth-order valence-corrected chi connectivity index (χ4v) is 3.76. The van der Waals surface area contributed by atoms with E-state index < -0.39 is 0 Å². The first kappa shape index (κ1) is 17.2. The van der Waals surface area contributed by atoms with Gasteiger partial charge in [-0.2, -0.15) is 0 Å². The lowest BCUT2D eigenvalue weighted by atomic mass is 9.95. The summed E-state index contributed by atoms with van der Waals surface area (Å²) >= 11 is 0. The smallest absolute Gasteiger partial charge is 0.263 e. The first-order valence-electron chi connectivity index (χ1n) is 9.35. The van der Waals surface area contributed by atoms with Gasteiger partial charge in [0.15, 0.2) is 0 Å². The van der Waals surface area contributed by atoms with Crippen LogP contribution < -0.4 is 10.9 Å². The maximum absolute atomic E-state index is 12.9. The maximum atomic E-state index is 12.9. The van der Waals surface area contributed by atoms with Crippen LogP contribution in [0.4, 0.5) is 0 Å². The van der Waals surface area contributed by atoms with Gasteiger partial charge in [-0.05, 0) is 30.9 Å². The van der Waals surface area contributed by atoms with E-state index in [2.05, 4.69) is 12.2 Å². The molecule has 1 aliphatic carbocycles. The van der Waals surface area contributed by atoms with Crippen molar-refractivity contribution in [1.29, 1.82) is 0 Å². The van der Waals surface area contributed by atoms with Gasteiger partial charge in [0.05, 0.1) is 13.2 Å². The zero-order valence-electron chi connectivity index (χ0n) is 14.6. The van der Waals surface area contributed by atoms with E-state index in [1.807, 2.05) is 4.57 Å². The van der Waals surface area contributed by atoms with Gasteiger partial charge in [0, 0.05) is 24.7 Å². The van der Waals surface area contributed by atoms with Crippen LogP contribution in [0.5, 0.6) is 0 Å². The van der Waals surface area contributed by atoms with E-state index in [-0.39, 0.29) is 23.1 Å². The van der Waals surface area contributed by atoms with Crippen LogP contribution in [0.25, 0.3) is 0 Å². The average molecular weight is 332 g/mol. The Bertz CT molecular complexity index is 645. The minimum atomic E-state index is -0.217. The molecule has 1 aromatic heterocycles. The number of pyridine rings is 1. The second kappa shape index (κ2) is 7.97. The van der Waals surface area contributed by atoms with E-state index in [0.717, 1.165) is 56.2 Å². The van der Waals surface area contributed by atoms with Gasteiger partial charge < -0.3 is 14.6 Å². The van der Waals surface area contributed by atoms with E-state index in [4.69, 9.17) is 4.74 Å². The number of carbonyl (C=O) groups is 1. The summed E-state index contributed by atoms with van der Waals surface area (Å²) in [6.45, 7) is 3.93. The summed E-state index contributed by atoms with van der Waals surface area (Å²) in [5, 5.41) is 3.07. The topological polar surface area (TPSA) is 60.3 Å². The second-order valence-corrected chi connectivity index (χ2v) is 6.95. The standard InChI is InChI=1S/C19H28N2O3/c1-2-3-10-21-17-9-11-24-13-14(17)12-16(19(21)23)18(22)20-15-7-5-4-6-8-15/h12,15H,2-11,13H2,1H3,(H,20,22). The van der Waals surface area contributed by atoms with Gasteiger partial charge in [-0.1, -0.05) is 32.6 Å². The fourth-order valence-electron chi connectivity index (χ4n) is 3.76. The lowest BCUT2D eigenvalue weighted by Gasteiger charge is -2.25. The van der Waals surface area contributed by atoms with Crippen LogP contribution in [0.2, 0.25) is 0 Å². The third-order valence-corrected chi connectivity index (χ3v) is 5.15. The molecule has 2 aliphatic rings. The molecular formula is C19H28N2O3. The summed E-state index contributed by atoms with van der Waals surface area (Å²) in [5.74, 6) is -0.217. The molecule has 1 fully saturated rings. The molecule has 0 bridgehead atoms. The zero-order valence-corrected chi connectivity index (χ0v) is 14.6. The summed E-state index contributed by atoms with van der Waals surface area (Å²) in [7, 11) is 0. The van der Waals surface area contributed by atoms with Gasteiger partial charge in [0.25, 0.3) is 11.5 Å². The monoisotopic (exact) mass is 332 g/mol. The molecule has 0 atom stereocenters. The second-order valence-electron chi connectivity index (χ2n) is 6.95. The molecular weight excluding hydrogens is 304 g/mol. The van der Waals surface area contributed by atoms with Gasteiger partial charge in [-0.15, -0.1) is 0 Å². The number of fused-ring (bicyclic) bond motifs is 1. The Hall–Kier alpha value is -1.62. The summed E-state index contributed by atoms with van der Waals surface area (Å²) in [6, 6.07) is 1.97. The van der Waals surface area contributed by atoms with Gasteiger partial charge >= 0.3 is 0 Å². The number of unbranched alkanes of at least 4 members (excludes halogenated alkanes) is 1. The van der Waals surface area contributed by atoms with Crippen molar-refractivity contribution in [1.82, 2.24) is 9.88 Å². The first-order valence-corrected chi connectivity index (χ1v) is 9.35. The van der Waals surface area contributed by atoms with Crippen LogP contribution in [0.3, 0.4) is 0 Å². The number of rotatable bonds is 5. The number of carbonyl (C=O) groups excluding carboxylic acids is 1. The molecule has 2 heterocycles. The number of hydrogen-bond donors (Lipinski definition) is 1. The van der Waals surface area contributed by atoms with Crippen LogP contribution in [0, 0.1) is 0 Å². The number of hydrogen-bond acceptors (Lipinski definition) is 3. The Labute approximate surface area is 143 Å². The fraction of sp³-hybridized carbons (Fsp3) is 0.684. The Morgan fingerprint density at radius 3 is 2.88 bits per heavy atom. The SMILES string of the molecule is CCCCn1c2c(cc(C(=O)NC3CCCCC3)c1=O)COCC2. The maximum Gasteiger partial charge on any atom is 0.263 e. The minimum absolute atomic E-state index is 0.141. The van der Waals surface area contributed by atoms with E-state index in [1.165, 1.54) is 6.42 Å². The van der Waals surface area contributed by atoms with E-state index in [9.17, 15) is 9.59 Å². The number of nitrogens with zero attached hydrogens (tertiary/aromatic N) is 1. The van der Waals surface area contributed by atoms with Crippen molar-refractivity contribution in [3.05, 3.63) is 33.2 Å². The lowest BCUT2D eigenvalue weighted by molar-refractivity contribution is 0.0921. The Morgan fingerprint density at radius 1 is 1.33 bits per heavy atom. The highest BCUT2D eigenvalue weighted by Crippen LogP contribution is 2.19. The third-order valence-electron chi connectivity index (χ3n) is 5.15. The molecule has 1 N–H and O–H groups in total. The number of amides is 1. The number of aromatic nitrogens is 1. The molecule has 0 aromatic carbocycles. The van der Waals surface area contributed by atoms with Crippen LogP contribution in [0.15, 0.2) is 10.9 Å². The van der Waals surface area contributed by atoms with E-state index in [0.29, 0.717) is 19.8 Å². The van der Waals surface area contributed by atoms with Crippen molar-refractivity contribution in [2.45, 2.75) is 77.5 Å². The van der Waals surface area contributed by atoms with E-state index >= 15 is 0 Å². The van der Waals surface area contributed by atoms with Gasteiger partial charge in [-0.25, -0.2) is 0 Å². The molecule has 1 amide bonds. The summed E-state index contributed by atoms with van der Waals surface area (Å²) in [4.78, 5) is 25.6. The quantitative estimate of drug-likeness (QED) is 0.902. The molecule has 3 rings (SSSR count). The molecule has 132 valence electrons.